The molecule has 2 heterocycles. The molecule has 2 aromatic rings. The van der Waals surface area contributed by atoms with Crippen molar-refractivity contribution in [3.05, 3.63) is 30.2 Å². The van der Waals surface area contributed by atoms with Gasteiger partial charge in [0, 0.05) is 17.3 Å². The minimum atomic E-state index is -0.972. The molecule has 0 fully saturated rings. The Labute approximate surface area is 74.4 Å². The number of aryl methyl sites for hydroxylation is 1. The van der Waals surface area contributed by atoms with Crippen LogP contribution < -0.4 is 0 Å². The van der Waals surface area contributed by atoms with Crippen LogP contribution in [0.1, 0.15) is 5.69 Å². The molecule has 66 valence electrons. The van der Waals surface area contributed by atoms with Crippen LogP contribution in [0, 0.1) is 6.92 Å². The number of hydrogen-bond donors (Lipinski definition) is 1. The maximum atomic E-state index is 10.8. The van der Waals surface area contributed by atoms with E-state index in [0.717, 1.165) is 5.39 Å². The van der Waals surface area contributed by atoms with Gasteiger partial charge in [0.25, 0.3) is 0 Å². The van der Waals surface area contributed by atoms with Crippen molar-refractivity contribution in [3.63, 3.8) is 0 Å². The molecule has 0 amide bonds. The smallest absolute Gasteiger partial charge is 0.416 e. The zero-order chi connectivity index (χ0) is 9.42. The van der Waals surface area contributed by atoms with E-state index in [2.05, 4.69) is 4.98 Å². The molecule has 0 unspecified atom stereocenters. The Balaban J connectivity index is 2.86. The number of rotatable bonds is 0. The number of carboxylic acid groups (broad SMARTS) is 1. The molecule has 0 aliphatic rings. The molecule has 0 radical (unpaired) electrons. The average Bonchev–Trinajstić information content (AvgIpc) is 2.39. The summed E-state index contributed by atoms with van der Waals surface area (Å²) in [6.07, 6.45) is 2.23. The van der Waals surface area contributed by atoms with E-state index >= 15 is 0 Å². The molecule has 0 spiro atoms. The second kappa shape index (κ2) is 2.58. The third-order valence-corrected chi connectivity index (χ3v) is 1.98. The van der Waals surface area contributed by atoms with Crippen molar-refractivity contribution in [1.29, 1.82) is 0 Å². The normalized spacial score (nSPS) is 10.5. The van der Waals surface area contributed by atoms with Crippen molar-refractivity contribution < 1.29 is 9.90 Å². The van der Waals surface area contributed by atoms with Crippen molar-refractivity contribution in [2.45, 2.75) is 6.92 Å². The summed E-state index contributed by atoms with van der Waals surface area (Å²) in [4.78, 5) is 14.7. The summed E-state index contributed by atoms with van der Waals surface area (Å²) in [7, 11) is 0. The van der Waals surface area contributed by atoms with Gasteiger partial charge in [-0.15, -0.1) is 0 Å². The van der Waals surface area contributed by atoms with E-state index in [-0.39, 0.29) is 0 Å². The quantitative estimate of drug-likeness (QED) is 0.666. The maximum Gasteiger partial charge on any atom is 0.416 e. The zero-order valence-corrected chi connectivity index (χ0v) is 7.06. The van der Waals surface area contributed by atoms with E-state index in [0.29, 0.717) is 11.2 Å². The van der Waals surface area contributed by atoms with Crippen LogP contribution >= 0.6 is 0 Å². The monoisotopic (exact) mass is 176 g/mol. The van der Waals surface area contributed by atoms with Crippen LogP contribution in [0.2, 0.25) is 0 Å². The molecule has 4 nitrogen and oxygen atoms in total. The predicted molar refractivity (Wildman–Crippen MR) is 47.9 cm³/mol. The number of hydrogen-bond acceptors (Lipinski definition) is 2. The van der Waals surface area contributed by atoms with Gasteiger partial charge in [0.15, 0.2) is 0 Å². The summed E-state index contributed by atoms with van der Waals surface area (Å²) in [5, 5.41) is 9.79. The molecule has 0 bridgehead atoms. The number of aromatic nitrogens is 2. The van der Waals surface area contributed by atoms with Gasteiger partial charge in [0.1, 0.15) is 0 Å². The van der Waals surface area contributed by atoms with E-state index in [1.165, 1.54) is 4.57 Å². The molecular formula is C9H8N2O2. The van der Waals surface area contributed by atoms with E-state index in [1.54, 1.807) is 25.4 Å². The summed E-state index contributed by atoms with van der Waals surface area (Å²) in [5.41, 5.74) is 1.34. The van der Waals surface area contributed by atoms with Gasteiger partial charge in [0.2, 0.25) is 0 Å². The summed E-state index contributed by atoms with van der Waals surface area (Å²) in [6, 6.07) is 3.62. The molecule has 13 heavy (non-hydrogen) atoms. The standard InChI is InChI=1S/C9H8N2O2/c1-6-4-7-2-3-10-5-8(7)11(6)9(12)13/h2-5H,1H3,(H,12,13). The lowest BCUT2D eigenvalue weighted by atomic mass is 10.3. The van der Waals surface area contributed by atoms with E-state index < -0.39 is 6.09 Å². The number of carbonyl (C=O) groups is 1. The van der Waals surface area contributed by atoms with Gasteiger partial charge < -0.3 is 5.11 Å². The minimum absolute atomic E-state index is 0.632. The highest BCUT2D eigenvalue weighted by atomic mass is 16.4. The molecular weight excluding hydrogens is 168 g/mol. The highest BCUT2D eigenvalue weighted by Gasteiger charge is 2.09. The molecule has 0 aliphatic heterocycles. The van der Waals surface area contributed by atoms with Crippen molar-refractivity contribution in [3.8, 4) is 0 Å². The largest absolute Gasteiger partial charge is 0.464 e. The third-order valence-electron chi connectivity index (χ3n) is 1.98. The molecule has 0 saturated heterocycles. The molecule has 0 saturated carbocycles. The Morgan fingerprint density at radius 3 is 3.08 bits per heavy atom. The predicted octanol–water partition coefficient (Wildman–Crippen LogP) is 1.87. The van der Waals surface area contributed by atoms with Crippen LogP contribution in [0.25, 0.3) is 10.9 Å². The third kappa shape index (κ3) is 1.07. The average molecular weight is 176 g/mol. The Morgan fingerprint density at radius 2 is 2.38 bits per heavy atom. The molecule has 2 aromatic heterocycles. The molecule has 1 N–H and O–H groups in total. The maximum absolute atomic E-state index is 10.8. The minimum Gasteiger partial charge on any atom is -0.464 e. The van der Waals surface area contributed by atoms with E-state index in [4.69, 9.17) is 5.11 Å². The van der Waals surface area contributed by atoms with Gasteiger partial charge in [-0.05, 0) is 19.1 Å². The second-order valence-corrected chi connectivity index (χ2v) is 2.84. The van der Waals surface area contributed by atoms with Crippen LogP contribution in [0.15, 0.2) is 24.5 Å². The summed E-state index contributed by atoms with van der Waals surface area (Å²) in [6.45, 7) is 1.76. The van der Waals surface area contributed by atoms with Crippen molar-refractivity contribution >= 4 is 17.0 Å². The summed E-state index contributed by atoms with van der Waals surface area (Å²) >= 11 is 0. The SMILES string of the molecule is Cc1cc2ccncc2n1C(=O)O. The van der Waals surface area contributed by atoms with Crippen LogP contribution in [0.3, 0.4) is 0 Å². The highest BCUT2D eigenvalue weighted by molar-refractivity contribution is 5.89. The topological polar surface area (TPSA) is 55.1 Å². The first-order chi connectivity index (χ1) is 6.20. The van der Waals surface area contributed by atoms with Crippen LogP contribution in [-0.4, -0.2) is 20.8 Å². The van der Waals surface area contributed by atoms with Crippen molar-refractivity contribution in [2.24, 2.45) is 0 Å². The highest BCUT2D eigenvalue weighted by Crippen LogP contribution is 2.17. The summed E-state index contributed by atoms with van der Waals surface area (Å²) < 4.78 is 1.22. The number of fused-ring (bicyclic) bond motifs is 1. The van der Waals surface area contributed by atoms with Gasteiger partial charge in [-0.3, -0.25) is 4.98 Å². The summed E-state index contributed by atoms with van der Waals surface area (Å²) in [5.74, 6) is 0. The molecule has 0 aliphatic carbocycles. The fraction of sp³-hybridized carbons (Fsp3) is 0.111. The molecule has 0 atom stereocenters. The molecule has 0 aromatic carbocycles. The van der Waals surface area contributed by atoms with E-state index in [1.807, 2.05) is 6.07 Å². The van der Waals surface area contributed by atoms with Gasteiger partial charge in [-0.1, -0.05) is 0 Å². The Bertz CT molecular complexity index is 473. The first-order valence-corrected chi connectivity index (χ1v) is 3.85. The van der Waals surface area contributed by atoms with Gasteiger partial charge in [-0.2, -0.15) is 0 Å². The van der Waals surface area contributed by atoms with Gasteiger partial charge in [0.05, 0.1) is 11.7 Å². The Kier molecular flexibility index (Phi) is 1.55. The van der Waals surface area contributed by atoms with Crippen molar-refractivity contribution in [1.82, 2.24) is 9.55 Å². The molecule has 2 rings (SSSR count). The second-order valence-electron chi connectivity index (χ2n) is 2.84. The number of nitrogens with zero attached hydrogens (tertiary/aromatic N) is 2. The van der Waals surface area contributed by atoms with Crippen LogP contribution in [0.5, 0.6) is 0 Å². The lowest BCUT2D eigenvalue weighted by molar-refractivity contribution is 0.197. The fourth-order valence-electron chi connectivity index (χ4n) is 1.44. The first-order valence-electron chi connectivity index (χ1n) is 3.85. The van der Waals surface area contributed by atoms with Crippen LogP contribution in [0.4, 0.5) is 4.79 Å². The van der Waals surface area contributed by atoms with E-state index in [9.17, 15) is 4.79 Å². The lowest BCUT2D eigenvalue weighted by Crippen LogP contribution is -2.08. The molecule has 4 heteroatoms. The fourth-order valence-corrected chi connectivity index (χ4v) is 1.44. The van der Waals surface area contributed by atoms with Gasteiger partial charge >= 0.3 is 6.09 Å². The number of pyridine rings is 1. The first kappa shape index (κ1) is 7.79. The van der Waals surface area contributed by atoms with Crippen LogP contribution in [-0.2, 0) is 0 Å². The van der Waals surface area contributed by atoms with Gasteiger partial charge in [-0.25, -0.2) is 9.36 Å². The lowest BCUT2D eigenvalue weighted by Gasteiger charge is -1.98. The zero-order valence-electron chi connectivity index (χ0n) is 7.06. The Morgan fingerprint density at radius 1 is 1.62 bits per heavy atom. The van der Waals surface area contributed by atoms with Crippen molar-refractivity contribution in [2.75, 3.05) is 0 Å². The Hall–Kier alpha value is -1.84.